The zero-order valence-corrected chi connectivity index (χ0v) is 28.3. The SMILES string of the molecule is C.CC.CCCc1c(OCCCOc2cc(O)c(-c3ccc(F)cc3)cc2CC)cccc1Sc1ccccc1C(=O)O.CCCl. The summed E-state index contributed by atoms with van der Waals surface area (Å²) in [7, 11) is 0. The molecule has 0 aliphatic rings. The zero-order valence-electron chi connectivity index (χ0n) is 26.7. The summed E-state index contributed by atoms with van der Waals surface area (Å²) < 4.78 is 25.5. The molecule has 250 valence electrons. The van der Waals surface area contributed by atoms with Crippen molar-refractivity contribution in [2.45, 2.75) is 77.5 Å². The van der Waals surface area contributed by atoms with Crippen molar-refractivity contribution in [1.29, 1.82) is 0 Å². The van der Waals surface area contributed by atoms with Crippen LogP contribution in [0.15, 0.2) is 88.7 Å². The van der Waals surface area contributed by atoms with Crippen molar-refractivity contribution in [3.8, 4) is 28.4 Å². The van der Waals surface area contributed by atoms with Crippen LogP contribution in [0.3, 0.4) is 0 Å². The Morgan fingerprint density at radius 3 is 2.09 bits per heavy atom. The van der Waals surface area contributed by atoms with Gasteiger partial charge in [0.15, 0.2) is 0 Å². The molecule has 0 amide bonds. The maximum absolute atomic E-state index is 13.3. The molecular formula is C38H48ClFO5S. The van der Waals surface area contributed by atoms with Crippen LogP contribution in [0.5, 0.6) is 17.2 Å². The Hall–Kier alpha value is -3.68. The molecule has 0 radical (unpaired) electrons. The van der Waals surface area contributed by atoms with Gasteiger partial charge in [0.25, 0.3) is 0 Å². The lowest BCUT2D eigenvalue weighted by atomic mass is 10.00. The molecule has 4 aromatic rings. The van der Waals surface area contributed by atoms with Crippen LogP contribution in [0.25, 0.3) is 11.1 Å². The molecule has 5 nitrogen and oxygen atoms in total. The highest BCUT2D eigenvalue weighted by atomic mass is 35.5. The van der Waals surface area contributed by atoms with Crippen LogP contribution in [-0.4, -0.2) is 35.3 Å². The number of phenolic OH excluding ortho intramolecular Hbond substituents is 1. The summed E-state index contributed by atoms with van der Waals surface area (Å²) in [6.45, 7) is 10.9. The van der Waals surface area contributed by atoms with Gasteiger partial charge in [-0.2, -0.15) is 0 Å². The molecule has 0 unspecified atom stereocenters. The standard InChI is InChI=1S/C33H33FO5S.C2H5Cl.C2H6.CH4/c1-3-9-25-29(11-7-13-31(25)40-32-12-6-5-10-26(32)33(36)37)38-18-8-19-39-30-21-28(35)27(20-22(30)4-2)23-14-16-24(34)17-15-23;1-2-3;1-2;/h5-7,10-17,20-21,35H,3-4,8-9,18-19H2,1-2H3,(H,36,37);2H2,1H3;1-2H3;1H4. The van der Waals surface area contributed by atoms with Gasteiger partial charge in [-0.3, -0.25) is 0 Å². The monoisotopic (exact) mass is 670 g/mol. The number of alkyl halides is 1. The minimum absolute atomic E-state index is 0. The van der Waals surface area contributed by atoms with E-state index in [-0.39, 0.29) is 24.6 Å². The van der Waals surface area contributed by atoms with Crippen molar-refractivity contribution >= 4 is 29.3 Å². The predicted octanol–water partition coefficient (Wildman–Crippen LogP) is 11.3. The molecule has 2 N–H and O–H groups in total. The lowest BCUT2D eigenvalue weighted by Crippen LogP contribution is -2.07. The number of aryl methyl sites for hydroxylation is 1. The number of aromatic carboxylic acids is 1. The second-order valence-electron chi connectivity index (χ2n) is 9.54. The van der Waals surface area contributed by atoms with E-state index in [0.29, 0.717) is 35.8 Å². The Bertz CT molecular complexity index is 1480. The van der Waals surface area contributed by atoms with Gasteiger partial charge in [-0.05, 0) is 66.4 Å². The van der Waals surface area contributed by atoms with E-state index in [4.69, 9.17) is 21.1 Å². The molecular weight excluding hydrogens is 623 g/mol. The van der Waals surface area contributed by atoms with Gasteiger partial charge in [0.2, 0.25) is 0 Å². The molecule has 0 heterocycles. The smallest absolute Gasteiger partial charge is 0.336 e. The van der Waals surface area contributed by atoms with Crippen molar-refractivity contribution in [3.05, 3.63) is 101 Å². The highest BCUT2D eigenvalue weighted by molar-refractivity contribution is 7.99. The fourth-order valence-electron chi connectivity index (χ4n) is 4.43. The van der Waals surface area contributed by atoms with Crippen LogP contribution in [0.4, 0.5) is 4.39 Å². The molecule has 8 heteroatoms. The highest BCUT2D eigenvalue weighted by Gasteiger charge is 2.15. The van der Waals surface area contributed by atoms with E-state index in [2.05, 4.69) is 6.92 Å². The van der Waals surface area contributed by atoms with Crippen LogP contribution in [-0.2, 0) is 12.8 Å². The van der Waals surface area contributed by atoms with Gasteiger partial charge in [-0.15, -0.1) is 11.6 Å². The van der Waals surface area contributed by atoms with Crippen molar-refractivity contribution in [3.63, 3.8) is 0 Å². The molecule has 0 aromatic heterocycles. The third-order valence-electron chi connectivity index (χ3n) is 6.45. The van der Waals surface area contributed by atoms with Crippen molar-refractivity contribution in [2.24, 2.45) is 0 Å². The first-order valence-corrected chi connectivity index (χ1v) is 16.7. The van der Waals surface area contributed by atoms with Gasteiger partial charge < -0.3 is 19.7 Å². The summed E-state index contributed by atoms with van der Waals surface area (Å²) >= 11 is 6.44. The van der Waals surface area contributed by atoms with E-state index in [1.807, 2.05) is 64.1 Å². The van der Waals surface area contributed by atoms with Gasteiger partial charge in [-0.1, -0.05) is 90.6 Å². The van der Waals surface area contributed by atoms with E-state index in [0.717, 1.165) is 52.5 Å². The minimum atomic E-state index is -0.947. The van der Waals surface area contributed by atoms with E-state index in [9.17, 15) is 19.4 Å². The predicted molar refractivity (Wildman–Crippen MR) is 191 cm³/mol. The van der Waals surface area contributed by atoms with Crippen LogP contribution >= 0.6 is 23.4 Å². The van der Waals surface area contributed by atoms with Crippen molar-refractivity contribution in [2.75, 3.05) is 19.1 Å². The quantitative estimate of drug-likeness (QED) is 0.109. The number of benzene rings is 4. The Morgan fingerprint density at radius 1 is 0.870 bits per heavy atom. The Kier molecular flexibility index (Phi) is 19.3. The van der Waals surface area contributed by atoms with E-state index < -0.39 is 5.97 Å². The summed E-state index contributed by atoms with van der Waals surface area (Å²) in [5, 5.41) is 20.2. The number of hydrogen-bond donors (Lipinski definition) is 2. The largest absolute Gasteiger partial charge is 0.507 e. The number of rotatable bonds is 13. The first-order valence-electron chi connectivity index (χ1n) is 15.4. The number of hydrogen-bond acceptors (Lipinski definition) is 5. The second kappa shape index (κ2) is 22.0. The number of phenols is 1. The van der Waals surface area contributed by atoms with Gasteiger partial charge >= 0.3 is 5.97 Å². The summed E-state index contributed by atoms with van der Waals surface area (Å²) in [6, 6.07) is 22.4. The summed E-state index contributed by atoms with van der Waals surface area (Å²) in [4.78, 5) is 13.3. The molecule has 0 aliphatic carbocycles. The molecule has 0 fully saturated rings. The number of ether oxygens (including phenoxy) is 2. The molecule has 0 bridgehead atoms. The maximum Gasteiger partial charge on any atom is 0.336 e. The zero-order chi connectivity index (χ0) is 33.2. The number of halogens is 2. The molecule has 4 aromatic carbocycles. The van der Waals surface area contributed by atoms with E-state index >= 15 is 0 Å². The van der Waals surface area contributed by atoms with Gasteiger partial charge in [0.05, 0.1) is 18.8 Å². The molecule has 4 rings (SSSR count). The highest BCUT2D eigenvalue weighted by Crippen LogP contribution is 2.38. The number of carboxylic acids is 1. The summed E-state index contributed by atoms with van der Waals surface area (Å²) in [5.41, 5.74) is 3.67. The third kappa shape index (κ3) is 11.9. The number of aromatic hydroxyl groups is 1. The summed E-state index contributed by atoms with van der Waals surface area (Å²) in [6.07, 6.45) is 3.09. The lowest BCUT2D eigenvalue weighted by molar-refractivity contribution is 0.0693. The molecule has 0 atom stereocenters. The summed E-state index contributed by atoms with van der Waals surface area (Å²) in [5.74, 6) is 0.940. The average molecular weight is 671 g/mol. The first kappa shape index (κ1) is 40.3. The van der Waals surface area contributed by atoms with Crippen molar-refractivity contribution < 1.29 is 28.9 Å². The Morgan fingerprint density at radius 2 is 1.48 bits per heavy atom. The van der Waals surface area contributed by atoms with Crippen molar-refractivity contribution in [1.82, 2.24) is 0 Å². The number of carbonyl (C=O) groups is 1. The van der Waals surface area contributed by atoms with Gasteiger partial charge in [-0.25, -0.2) is 9.18 Å². The van der Waals surface area contributed by atoms with E-state index in [1.165, 1.54) is 23.9 Å². The lowest BCUT2D eigenvalue weighted by Gasteiger charge is -2.17. The Balaban J connectivity index is 0.00000166. The van der Waals surface area contributed by atoms with Crippen LogP contribution in [0.1, 0.15) is 76.4 Å². The van der Waals surface area contributed by atoms with Crippen LogP contribution < -0.4 is 9.47 Å². The average Bonchev–Trinajstić information content (AvgIpc) is 3.04. The fraction of sp³-hybridized carbons (Fsp3) is 0.342. The topological polar surface area (TPSA) is 76.0 Å². The second-order valence-corrected chi connectivity index (χ2v) is 11.2. The molecule has 0 spiro atoms. The molecule has 46 heavy (non-hydrogen) atoms. The van der Waals surface area contributed by atoms with Crippen LogP contribution in [0.2, 0.25) is 0 Å². The van der Waals surface area contributed by atoms with Gasteiger partial charge in [0, 0.05) is 39.3 Å². The first-order chi connectivity index (χ1) is 21.8. The number of carboxylic acid groups (broad SMARTS) is 1. The minimum Gasteiger partial charge on any atom is -0.507 e. The molecule has 0 saturated carbocycles. The van der Waals surface area contributed by atoms with E-state index in [1.54, 1.807) is 30.3 Å². The normalized spacial score (nSPS) is 9.98. The third-order valence-corrected chi connectivity index (χ3v) is 7.62. The molecule has 0 saturated heterocycles. The molecule has 0 aliphatic heterocycles. The van der Waals surface area contributed by atoms with Crippen LogP contribution in [0, 0.1) is 5.82 Å². The maximum atomic E-state index is 13.3. The fourth-order valence-corrected chi connectivity index (χ4v) is 5.55. The Labute approximate surface area is 283 Å². The van der Waals surface area contributed by atoms with Gasteiger partial charge in [0.1, 0.15) is 23.1 Å².